The van der Waals surface area contributed by atoms with Crippen LogP contribution in [0.3, 0.4) is 0 Å². The molecule has 2 aliphatic rings. The van der Waals surface area contributed by atoms with Gasteiger partial charge in [0.2, 0.25) is 10.0 Å². The summed E-state index contributed by atoms with van der Waals surface area (Å²) in [5, 5.41) is 13.8. The molecule has 1 aliphatic carbocycles. The monoisotopic (exact) mass is 492 g/mol. The molecule has 1 aliphatic heterocycles. The number of carbonyl (C=O) groups is 1. The fourth-order valence-electron chi connectivity index (χ4n) is 5.30. The van der Waals surface area contributed by atoms with E-state index in [1.807, 2.05) is 25.3 Å². The van der Waals surface area contributed by atoms with Crippen LogP contribution in [0, 0.1) is 6.92 Å². The van der Waals surface area contributed by atoms with E-state index in [0.717, 1.165) is 52.5 Å². The van der Waals surface area contributed by atoms with Crippen LogP contribution in [0.1, 0.15) is 39.3 Å². The predicted octanol–water partition coefficient (Wildman–Crippen LogP) is 2.65. The second-order valence-corrected chi connectivity index (χ2v) is 10.4. The van der Waals surface area contributed by atoms with Gasteiger partial charge in [0.25, 0.3) is 5.91 Å². The number of rotatable bonds is 4. The van der Waals surface area contributed by atoms with Gasteiger partial charge in [0, 0.05) is 23.3 Å². The van der Waals surface area contributed by atoms with Crippen molar-refractivity contribution >= 4 is 32.7 Å². The summed E-state index contributed by atoms with van der Waals surface area (Å²) in [4.78, 5) is 20.9. The van der Waals surface area contributed by atoms with Crippen molar-refractivity contribution < 1.29 is 17.9 Å². The van der Waals surface area contributed by atoms with Crippen LogP contribution in [0.15, 0.2) is 35.5 Å². The number of pyridine rings is 1. The Morgan fingerprint density at radius 2 is 2.14 bits per heavy atom. The largest absolute Gasteiger partial charge is 0.373 e. The summed E-state index contributed by atoms with van der Waals surface area (Å²) < 4.78 is 31.8. The lowest BCUT2D eigenvalue weighted by Crippen LogP contribution is -2.22. The number of H-pyrrole nitrogens is 1. The number of ether oxygens (including phenoxy) is 1. The third-order valence-corrected chi connectivity index (χ3v) is 7.76. The molecular formula is C24H24N6O4S. The number of amides is 1. The number of aromatic amines is 1. The Kier molecular flexibility index (Phi) is 5.02. The normalized spacial score (nSPS) is 15.3. The fourth-order valence-corrected chi connectivity index (χ4v) is 6.20. The Labute approximate surface area is 201 Å². The Balaban J connectivity index is 1.53. The van der Waals surface area contributed by atoms with Gasteiger partial charge in [-0.05, 0) is 60.6 Å². The van der Waals surface area contributed by atoms with E-state index in [4.69, 9.17) is 9.88 Å². The number of nitrogens with two attached hydrogens (primary N) is 1. The number of benzene rings is 1. The summed E-state index contributed by atoms with van der Waals surface area (Å²) >= 11 is 0. The fraction of sp³-hybridized carbons (Fsp3) is 0.292. The maximum atomic E-state index is 13.6. The number of hydrogen-bond donors (Lipinski definition) is 3. The first-order chi connectivity index (χ1) is 16.8. The zero-order valence-corrected chi connectivity index (χ0v) is 19.9. The number of anilines is 1. The second kappa shape index (κ2) is 8.01. The molecule has 0 atom stereocenters. The van der Waals surface area contributed by atoms with Crippen LogP contribution in [0.2, 0.25) is 0 Å². The number of nitrogens with one attached hydrogen (secondary N) is 2. The van der Waals surface area contributed by atoms with E-state index in [9.17, 15) is 13.2 Å². The highest BCUT2D eigenvalue weighted by molar-refractivity contribution is 7.89. The number of aryl methyl sites for hydroxylation is 2. The lowest BCUT2D eigenvalue weighted by Gasteiger charge is -2.19. The van der Waals surface area contributed by atoms with Crippen LogP contribution < -0.4 is 10.5 Å². The Morgan fingerprint density at radius 3 is 2.97 bits per heavy atom. The predicted molar refractivity (Wildman–Crippen MR) is 130 cm³/mol. The van der Waals surface area contributed by atoms with Gasteiger partial charge < -0.3 is 15.0 Å². The molecule has 0 spiro atoms. The van der Waals surface area contributed by atoms with Crippen molar-refractivity contribution in [2.75, 3.05) is 11.9 Å². The quantitative estimate of drug-likeness (QED) is 0.399. The molecule has 3 aromatic heterocycles. The maximum absolute atomic E-state index is 13.6. The Hall–Kier alpha value is -3.54. The molecular weight excluding hydrogens is 468 g/mol. The molecule has 4 heterocycles. The SMILES string of the molecule is Cc1cc2c(c(NC(=O)c3nn4c(c3S(N)(=O)=O)COCC4)c1-c1ccnc3[nH]ccc13)CCC2. The van der Waals surface area contributed by atoms with Gasteiger partial charge >= 0.3 is 0 Å². The van der Waals surface area contributed by atoms with Crippen molar-refractivity contribution in [1.29, 1.82) is 0 Å². The van der Waals surface area contributed by atoms with Crippen LogP contribution in [-0.2, 0) is 40.8 Å². The van der Waals surface area contributed by atoms with E-state index in [1.165, 1.54) is 10.2 Å². The van der Waals surface area contributed by atoms with E-state index < -0.39 is 15.9 Å². The highest BCUT2D eigenvalue weighted by Gasteiger charge is 2.33. The summed E-state index contributed by atoms with van der Waals surface area (Å²) in [6.45, 7) is 2.77. The van der Waals surface area contributed by atoms with Crippen molar-refractivity contribution in [2.24, 2.45) is 5.14 Å². The average molecular weight is 493 g/mol. The number of fused-ring (bicyclic) bond motifs is 3. The number of primary sulfonamides is 1. The van der Waals surface area contributed by atoms with Gasteiger partial charge in [0.1, 0.15) is 10.5 Å². The Morgan fingerprint density at radius 1 is 1.29 bits per heavy atom. The number of sulfonamides is 1. The van der Waals surface area contributed by atoms with Gasteiger partial charge in [-0.2, -0.15) is 5.10 Å². The van der Waals surface area contributed by atoms with E-state index in [0.29, 0.717) is 24.5 Å². The molecule has 0 saturated heterocycles. The van der Waals surface area contributed by atoms with E-state index in [1.54, 1.807) is 6.20 Å². The smallest absolute Gasteiger partial charge is 0.277 e. The third kappa shape index (κ3) is 3.54. The van der Waals surface area contributed by atoms with Gasteiger partial charge in [-0.1, -0.05) is 6.07 Å². The summed E-state index contributed by atoms with van der Waals surface area (Å²) in [6.07, 6.45) is 6.28. The molecule has 1 aromatic carbocycles. The summed E-state index contributed by atoms with van der Waals surface area (Å²) in [6, 6.07) is 6.06. The van der Waals surface area contributed by atoms with Crippen LogP contribution in [0.4, 0.5) is 5.69 Å². The maximum Gasteiger partial charge on any atom is 0.277 e. The molecule has 0 bridgehead atoms. The molecule has 180 valence electrons. The molecule has 4 aromatic rings. The molecule has 10 nitrogen and oxygen atoms in total. The minimum Gasteiger partial charge on any atom is -0.373 e. The average Bonchev–Trinajstić information content (AvgIpc) is 3.55. The van der Waals surface area contributed by atoms with Gasteiger partial charge in [0.05, 0.1) is 31.1 Å². The molecule has 0 radical (unpaired) electrons. The van der Waals surface area contributed by atoms with E-state index >= 15 is 0 Å². The summed E-state index contributed by atoms with van der Waals surface area (Å²) in [5.74, 6) is -0.615. The minimum absolute atomic E-state index is 0.0274. The first-order valence-corrected chi connectivity index (χ1v) is 13.0. The van der Waals surface area contributed by atoms with Gasteiger partial charge in [-0.25, -0.2) is 18.5 Å². The highest BCUT2D eigenvalue weighted by Crippen LogP contribution is 2.42. The molecule has 11 heteroatoms. The Bertz CT molecular complexity index is 1620. The summed E-state index contributed by atoms with van der Waals surface area (Å²) in [7, 11) is -4.21. The molecule has 1 amide bonds. The number of nitrogens with zero attached hydrogens (tertiary/aromatic N) is 3. The number of aromatic nitrogens is 4. The highest BCUT2D eigenvalue weighted by atomic mass is 32.2. The van der Waals surface area contributed by atoms with Crippen molar-refractivity contribution in [3.8, 4) is 11.1 Å². The lowest BCUT2D eigenvalue weighted by atomic mass is 9.91. The topological polar surface area (TPSA) is 145 Å². The molecule has 0 fully saturated rings. The third-order valence-electron chi connectivity index (χ3n) is 6.76. The van der Waals surface area contributed by atoms with E-state index in [-0.39, 0.29) is 17.2 Å². The standard InChI is InChI=1S/C24H24N6O4S/c1-13-11-14-3-2-4-15(14)20(19(13)16-5-7-26-23-17(16)6-8-27-23)28-24(31)21-22(35(25,32)33)18-12-34-10-9-30(18)29-21/h5-8,11H,2-4,9-10,12H2,1H3,(H,26,27)(H,28,31)(H2,25,32,33). The molecule has 4 N–H and O–H groups in total. The number of hydrogen-bond acceptors (Lipinski definition) is 6. The first-order valence-electron chi connectivity index (χ1n) is 11.4. The van der Waals surface area contributed by atoms with Gasteiger partial charge in [-0.15, -0.1) is 0 Å². The zero-order valence-electron chi connectivity index (χ0n) is 19.1. The van der Waals surface area contributed by atoms with Gasteiger partial charge in [0.15, 0.2) is 5.69 Å². The van der Waals surface area contributed by atoms with Crippen LogP contribution in [-0.4, -0.2) is 40.7 Å². The minimum atomic E-state index is -4.21. The van der Waals surface area contributed by atoms with Gasteiger partial charge in [-0.3, -0.25) is 9.48 Å². The molecule has 6 rings (SSSR count). The van der Waals surface area contributed by atoms with Crippen LogP contribution in [0.25, 0.3) is 22.2 Å². The molecule has 35 heavy (non-hydrogen) atoms. The van der Waals surface area contributed by atoms with Crippen molar-refractivity contribution in [2.45, 2.75) is 44.2 Å². The van der Waals surface area contributed by atoms with Crippen molar-refractivity contribution in [3.63, 3.8) is 0 Å². The van der Waals surface area contributed by atoms with Crippen LogP contribution >= 0.6 is 0 Å². The first kappa shape index (κ1) is 22.0. The number of carbonyl (C=O) groups excluding carboxylic acids is 1. The lowest BCUT2D eigenvalue weighted by molar-refractivity contribution is 0.0780. The zero-order chi connectivity index (χ0) is 24.3. The van der Waals surface area contributed by atoms with Crippen molar-refractivity contribution in [3.05, 3.63) is 58.7 Å². The molecule has 0 unspecified atom stereocenters. The second-order valence-electron chi connectivity index (χ2n) is 8.93. The molecule has 0 saturated carbocycles. The van der Waals surface area contributed by atoms with E-state index in [2.05, 4.69) is 26.4 Å². The van der Waals surface area contributed by atoms with Crippen LogP contribution in [0.5, 0.6) is 0 Å². The van der Waals surface area contributed by atoms with Crippen molar-refractivity contribution in [1.82, 2.24) is 19.7 Å². The summed E-state index contributed by atoms with van der Waals surface area (Å²) in [5.41, 5.74) is 6.58.